The Morgan fingerprint density at radius 3 is 2.52 bits per heavy atom. The molecular formula is C18H12N2O4S. The first kappa shape index (κ1) is 16.7. The van der Waals surface area contributed by atoms with Gasteiger partial charge in [0.1, 0.15) is 0 Å². The van der Waals surface area contributed by atoms with Gasteiger partial charge in [0.25, 0.3) is 16.8 Å². The van der Waals surface area contributed by atoms with Crippen LogP contribution in [-0.2, 0) is 4.79 Å². The zero-order valence-corrected chi connectivity index (χ0v) is 13.7. The fraction of sp³-hybridized carbons (Fsp3) is 0. The number of nitrogens with zero attached hydrogens (tertiary/aromatic N) is 2. The van der Waals surface area contributed by atoms with Crippen molar-refractivity contribution in [3.8, 4) is 0 Å². The Hall–Kier alpha value is -3.19. The average molecular weight is 352 g/mol. The first-order valence-electron chi connectivity index (χ1n) is 7.30. The lowest BCUT2D eigenvalue weighted by molar-refractivity contribution is -0.384. The molecule has 3 rings (SSSR count). The second kappa shape index (κ2) is 7.14. The maximum absolute atomic E-state index is 12.4. The molecule has 2 aromatic carbocycles. The van der Waals surface area contributed by atoms with Crippen LogP contribution < -0.4 is 4.90 Å². The van der Waals surface area contributed by atoms with E-state index in [2.05, 4.69) is 0 Å². The minimum absolute atomic E-state index is 0.00782. The largest absolute Gasteiger partial charge is 0.298 e. The first-order chi connectivity index (χ1) is 12.1. The Bertz CT molecular complexity index is 906. The number of thioether (sulfide) groups is 1. The minimum Gasteiger partial charge on any atom is -0.268 e. The van der Waals surface area contributed by atoms with Gasteiger partial charge in [-0.25, -0.2) is 4.90 Å². The Morgan fingerprint density at radius 2 is 1.80 bits per heavy atom. The topological polar surface area (TPSA) is 80.5 Å². The molecule has 124 valence electrons. The lowest BCUT2D eigenvalue weighted by atomic mass is 10.2. The number of rotatable bonds is 4. The van der Waals surface area contributed by atoms with Crippen LogP contribution in [0.4, 0.5) is 16.2 Å². The Balaban J connectivity index is 1.79. The quantitative estimate of drug-likeness (QED) is 0.463. The molecule has 1 saturated heterocycles. The third kappa shape index (κ3) is 3.67. The molecule has 6 nitrogen and oxygen atoms in total. The predicted molar refractivity (Wildman–Crippen MR) is 97.1 cm³/mol. The number of amides is 2. The summed E-state index contributed by atoms with van der Waals surface area (Å²) in [6.07, 6.45) is 4.78. The fourth-order valence-corrected chi connectivity index (χ4v) is 3.06. The van der Waals surface area contributed by atoms with E-state index in [9.17, 15) is 19.7 Å². The molecule has 1 fully saturated rings. The number of para-hydroxylation sites is 1. The van der Waals surface area contributed by atoms with Crippen molar-refractivity contribution in [2.24, 2.45) is 0 Å². The number of nitro groups is 1. The van der Waals surface area contributed by atoms with Crippen LogP contribution in [0.1, 0.15) is 5.56 Å². The Kier molecular flexibility index (Phi) is 4.76. The van der Waals surface area contributed by atoms with E-state index in [1.807, 2.05) is 0 Å². The van der Waals surface area contributed by atoms with Crippen LogP contribution in [0, 0.1) is 10.1 Å². The summed E-state index contributed by atoms with van der Waals surface area (Å²) in [5.74, 6) is -0.384. The van der Waals surface area contributed by atoms with Gasteiger partial charge in [0, 0.05) is 12.1 Å². The maximum Gasteiger partial charge on any atom is 0.298 e. The van der Waals surface area contributed by atoms with Gasteiger partial charge in [0.05, 0.1) is 15.5 Å². The summed E-state index contributed by atoms with van der Waals surface area (Å²) in [6.45, 7) is 0. The van der Waals surface area contributed by atoms with E-state index in [4.69, 9.17) is 0 Å². The van der Waals surface area contributed by atoms with Crippen LogP contribution in [-0.4, -0.2) is 16.1 Å². The van der Waals surface area contributed by atoms with Gasteiger partial charge in [0.2, 0.25) is 0 Å². The smallest absolute Gasteiger partial charge is 0.268 e. The molecular weight excluding hydrogens is 340 g/mol. The molecule has 2 amide bonds. The molecule has 0 radical (unpaired) electrons. The molecule has 2 aromatic rings. The van der Waals surface area contributed by atoms with Crippen molar-refractivity contribution in [3.63, 3.8) is 0 Å². The van der Waals surface area contributed by atoms with Crippen LogP contribution in [0.2, 0.25) is 0 Å². The van der Waals surface area contributed by atoms with E-state index >= 15 is 0 Å². The zero-order chi connectivity index (χ0) is 17.8. The van der Waals surface area contributed by atoms with E-state index < -0.39 is 4.92 Å². The average Bonchev–Trinajstić information content (AvgIpc) is 2.90. The number of allylic oxidation sites excluding steroid dienone is 2. The van der Waals surface area contributed by atoms with Crippen LogP contribution in [0.3, 0.4) is 0 Å². The molecule has 25 heavy (non-hydrogen) atoms. The Labute approximate surface area is 147 Å². The number of hydrogen-bond acceptors (Lipinski definition) is 5. The highest BCUT2D eigenvalue weighted by molar-refractivity contribution is 8.18. The van der Waals surface area contributed by atoms with Crippen molar-refractivity contribution in [1.82, 2.24) is 0 Å². The van der Waals surface area contributed by atoms with E-state index in [1.54, 1.807) is 54.6 Å². The van der Waals surface area contributed by atoms with Gasteiger partial charge in [0.15, 0.2) is 0 Å². The van der Waals surface area contributed by atoms with Crippen LogP contribution >= 0.6 is 11.8 Å². The summed E-state index contributed by atoms with van der Waals surface area (Å²) in [4.78, 5) is 36.2. The normalized spacial score (nSPS) is 16.2. The van der Waals surface area contributed by atoms with Crippen molar-refractivity contribution < 1.29 is 14.5 Å². The summed E-state index contributed by atoms with van der Waals surface area (Å²) < 4.78 is 0. The number of imide groups is 1. The molecule has 0 atom stereocenters. The summed E-state index contributed by atoms with van der Waals surface area (Å²) in [5, 5.41) is 10.4. The summed E-state index contributed by atoms with van der Waals surface area (Å²) in [5.41, 5.74) is 1.15. The van der Waals surface area contributed by atoms with Crippen molar-refractivity contribution in [1.29, 1.82) is 0 Å². The number of carbonyl (C=O) groups is 2. The van der Waals surface area contributed by atoms with Crippen LogP contribution in [0.15, 0.2) is 71.7 Å². The maximum atomic E-state index is 12.4. The molecule has 0 bridgehead atoms. The summed E-state index contributed by atoms with van der Waals surface area (Å²) in [7, 11) is 0. The highest BCUT2D eigenvalue weighted by Gasteiger charge is 2.35. The molecule has 0 unspecified atom stereocenters. The molecule has 0 N–H and O–H groups in total. The van der Waals surface area contributed by atoms with Crippen molar-refractivity contribution in [2.45, 2.75) is 0 Å². The van der Waals surface area contributed by atoms with E-state index in [-0.39, 0.29) is 16.8 Å². The molecule has 1 aliphatic rings. The van der Waals surface area contributed by atoms with Gasteiger partial charge in [-0.15, -0.1) is 0 Å². The standard InChI is InChI=1S/C18H12N2O4S/c21-17-16(25-18(22)19(17)14-8-2-1-3-9-14)11-5-7-13-6-4-10-15(12-13)20(23)24/h1-12H/b7-5+,16-11-. The number of non-ortho nitro benzene ring substituents is 1. The second-order valence-corrected chi connectivity index (χ2v) is 6.08. The van der Waals surface area contributed by atoms with Crippen molar-refractivity contribution in [3.05, 3.63) is 87.3 Å². The van der Waals surface area contributed by atoms with Gasteiger partial charge >= 0.3 is 0 Å². The number of hydrogen-bond donors (Lipinski definition) is 0. The van der Waals surface area contributed by atoms with E-state index in [0.717, 1.165) is 16.7 Å². The van der Waals surface area contributed by atoms with E-state index in [1.165, 1.54) is 18.2 Å². The number of carbonyl (C=O) groups excluding carboxylic acids is 2. The van der Waals surface area contributed by atoms with Gasteiger partial charge in [-0.05, 0) is 35.5 Å². The van der Waals surface area contributed by atoms with Gasteiger partial charge < -0.3 is 0 Å². The van der Waals surface area contributed by atoms with Gasteiger partial charge in [-0.3, -0.25) is 19.7 Å². The third-order valence-corrected chi connectivity index (χ3v) is 4.31. The molecule has 0 aliphatic carbocycles. The number of anilines is 1. The van der Waals surface area contributed by atoms with Crippen molar-refractivity contribution in [2.75, 3.05) is 4.90 Å². The lowest BCUT2D eigenvalue weighted by Gasteiger charge is -2.11. The summed E-state index contributed by atoms with van der Waals surface area (Å²) >= 11 is 0.859. The minimum atomic E-state index is -0.470. The molecule has 0 saturated carbocycles. The Morgan fingerprint density at radius 1 is 1.04 bits per heavy atom. The SMILES string of the molecule is O=C1S/C(=C\C=C\c2cccc([N+](=O)[O-])c2)C(=O)N1c1ccccc1. The van der Waals surface area contributed by atoms with Crippen LogP contribution in [0.25, 0.3) is 6.08 Å². The first-order valence-corrected chi connectivity index (χ1v) is 8.12. The van der Waals surface area contributed by atoms with Gasteiger partial charge in [-0.1, -0.05) is 42.5 Å². The second-order valence-electron chi connectivity index (χ2n) is 5.09. The molecule has 1 heterocycles. The number of benzene rings is 2. The lowest BCUT2D eigenvalue weighted by Crippen LogP contribution is -2.27. The van der Waals surface area contributed by atoms with E-state index in [0.29, 0.717) is 16.2 Å². The highest BCUT2D eigenvalue weighted by atomic mass is 32.2. The third-order valence-electron chi connectivity index (χ3n) is 3.43. The fourth-order valence-electron chi connectivity index (χ4n) is 2.27. The molecule has 0 spiro atoms. The number of nitro benzene ring substituents is 1. The highest BCUT2D eigenvalue weighted by Crippen LogP contribution is 2.34. The molecule has 7 heteroatoms. The predicted octanol–water partition coefficient (Wildman–Crippen LogP) is 4.39. The van der Waals surface area contributed by atoms with Crippen LogP contribution in [0.5, 0.6) is 0 Å². The zero-order valence-electron chi connectivity index (χ0n) is 12.9. The van der Waals surface area contributed by atoms with Gasteiger partial charge in [-0.2, -0.15) is 0 Å². The molecule has 1 aliphatic heterocycles. The van der Waals surface area contributed by atoms with Crippen molar-refractivity contribution >= 4 is 40.4 Å². The summed E-state index contributed by atoms with van der Waals surface area (Å²) in [6, 6.07) is 14.8. The molecule has 0 aromatic heterocycles. The monoisotopic (exact) mass is 352 g/mol.